The summed E-state index contributed by atoms with van der Waals surface area (Å²) in [5, 5.41) is 4.87. The van der Waals surface area contributed by atoms with Crippen molar-refractivity contribution in [2.24, 2.45) is 0 Å². The topological polar surface area (TPSA) is 68.3 Å². The van der Waals surface area contributed by atoms with Gasteiger partial charge in [-0.1, -0.05) is 18.2 Å². The van der Waals surface area contributed by atoms with Gasteiger partial charge in [0.2, 0.25) is 0 Å². The van der Waals surface area contributed by atoms with Gasteiger partial charge >= 0.3 is 5.97 Å². The molecule has 1 aromatic carbocycles. The van der Waals surface area contributed by atoms with Crippen LogP contribution in [0.15, 0.2) is 35.7 Å². The molecule has 5 nitrogen and oxygen atoms in total. The fourth-order valence-electron chi connectivity index (χ4n) is 1.42. The predicted molar refractivity (Wildman–Crippen MR) is 72.2 cm³/mol. The summed E-state index contributed by atoms with van der Waals surface area (Å²) >= 11 is 1.27. The van der Waals surface area contributed by atoms with Gasteiger partial charge in [-0.2, -0.15) is 0 Å². The standard InChI is InChI=1S/C13H12N2O3S/c1-18-11(16)7-10-8-19-13(14-10)15-12(17)9-5-3-2-4-6-9/h2-6,8H,7H2,1H3,(H,14,15,17). The third-order valence-electron chi connectivity index (χ3n) is 2.36. The Bertz CT molecular complexity index is 581. The van der Waals surface area contributed by atoms with Gasteiger partial charge in [0.1, 0.15) is 0 Å². The minimum atomic E-state index is -0.355. The van der Waals surface area contributed by atoms with Crippen LogP contribution in [0.25, 0.3) is 0 Å². The third-order valence-corrected chi connectivity index (χ3v) is 3.17. The van der Waals surface area contributed by atoms with Crippen molar-refractivity contribution < 1.29 is 14.3 Å². The summed E-state index contributed by atoms with van der Waals surface area (Å²) in [5.41, 5.74) is 1.15. The van der Waals surface area contributed by atoms with Gasteiger partial charge in [0, 0.05) is 10.9 Å². The summed E-state index contributed by atoms with van der Waals surface area (Å²) in [4.78, 5) is 27.1. The molecule has 19 heavy (non-hydrogen) atoms. The maximum atomic E-state index is 11.9. The van der Waals surface area contributed by atoms with Crippen LogP contribution in [0, 0.1) is 0 Å². The number of ether oxygens (including phenoxy) is 1. The van der Waals surface area contributed by atoms with E-state index in [0.29, 0.717) is 16.4 Å². The van der Waals surface area contributed by atoms with Gasteiger partial charge in [0.15, 0.2) is 5.13 Å². The van der Waals surface area contributed by atoms with Crippen molar-refractivity contribution in [3.05, 3.63) is 47.0 Å². The van der Waals surface area contributed by atoms with Gasteiger partial charge in [-0.3, -0.25) is 14.9 Å². The fraction of sp³-hybridized carbons (Fsp3) is 0.154. The summed E-state index contributed by atoms with van der Waals surface area (Å²) < 4.78 is 4.55. The van der Waals surface area contributed by atoms with Crippen LogP contribution in [0.2, 0.25) is 0 Å². The lowest BCUT2D eigenvalue weighted by atomic mass is 10.2. The highest BCUT2D eigenvalue weighted by Crippen LogP contribution is 2.17. The second kappa shape index (κ2) is 6.10. The SMILES string of the molecule is COC(=O)Cc1csc(NC(=O)c2ccccc2)n1. The lowest BCUT2D eigenvalue weighted by Gasteiger charge is -2.00. The van der Waals surface area contributed by atoms with Crippen LogP contribution in [0.5, 0.6) is 0 Å². The van der Waals surface area contributed by atoms with E-state index < -0.39 is 0 Å². The van der Waals surface area contributed by atoms with Gasteiger partial charge in [-0.25, -0.2) is 4.98 Å². The van der Waals surface area contributed by atoms with Crippen molar-refractivity contribution in [1.29, 1.82) is 0 Å². The number of hydrogen-bond acceptors (Lipinski definition) is 5. The summed E-state index contributed by atoms with van der Waals surface area (Å²) in [5.74, 6) is -0.578. The number of methoxy groups -OCH3 is 1. The number of nitrogens with zero attached hydrogens (tertiary/aromatic N) is 1. The molecule has 2 aromatic rings. The lowest BCUT2D eigenvalue weighted by Crippen LogP contribution is -2.11. The van der Waals surface area contributed by atoms with Crippen LogP contribution in [-0.2, 0) is 16.0 Å². The normalized spacial score (nSPS) is 9.95. The van der Waals surface area contributed by atoms with E-state index in [0.717, 1.165) is 0 Å². The number of carbonyl (C=O) groups excluding carboxylic acids is 2. The highest BCUT2D eigenvalue weighted by molar-refractivity contribution is 7.14. The average molecular weight is 276 g/mol. The van der Waals surface area contributed by atoms with Crippen LogP contribution < -0.4 is 5.32 Å². The second-order valence-corrected chi connectivity index (χ2v) is 4.58. The van der Waals surface area contributed by atoms with Crippen molar-refractivity contribution in [3.63, 3.8) is 0 Å². The number of hydrogen-bond donors (Lipinski definition) is 1. The molecular formula is C13H12N2O3S. The molecule has 0 aliphatic carbocycles. The summed E-state index contributed by atoms with van der Waals surface area (Å²) in [7, 11) is 1.33. The van der Waals surface area contributed by atoms with Crippen molar-refractivity contribution in [2.45, 2.75) is 6.42 Å². The highest BCUT2D eigenvalue weighted by Gasteiger charge is 2.10. The molecule has 0 aliphatic rings. The number of aromatic nitrogens is 1. The fourth-order valence-corrected chi connectivity index (χ4v) is 2.13. The molecule has 0 saturated carbocycles. The molecule has 0 spiro atoms. The van der Waals surface area contributed by atoms with Gasteiger partial charge in [-0.05, 0) is 12.1 Å². The molecule has 1 amide bonds. The Morgan fingerprint density at radius 1 is 1.32 bits per heavy atom. The molecule has 0 aliphatic heterocycles. The van der Waals surface area contributed by atoms with Crippen LogP contribution >= 0.6 is 11.3 Å². The molecule has 0 fully saturated rings. The predicted octanol–water partition coefficient (Wildman–Crippen LogP) is 2.11. The maximum Gasteiger partial charge on any atom is 0.311 e. The molecule has 2 rings (SSSR count). The highest BCUT2D eigenvalue weighted by atomic mass is 32.1. The zero-order valence-corrected chi connectivity index (χ0v) is 11.1. The molecule has 0 radical (unpaired) electrons. The Balaban J connectivity index is 2.00. The maximum absolute atomic E-state index is 11.9. The zero-order chi connectivity index (χ0) is 13.7. The van der Waals surface area contributed by atoms with Gasteiger partial charge in [0.25, 0.3) is 5.91 Å². The van der Waals surface area contributed by atoms with E-state index in [1.807, 2.05) is 6.07 Å². The Morgan fingerprint density at radius 2 is 2.05 bits per heavy atom. The van der Waals surface area contributed by atoms with E-state index in [9.17, 15) is 9.59 Å². The minimum absolute atomic E-state index is 0.105. The molecule has 0 unspecified atom stereocenters. The zero-order valence-electron chi connectivity index (χ0n) is 10.3. The number of anilines is 1. The molecule has 1 aromatic heterocycles. The first-order valence-corrected chi connectivity index (χ1v) is 6.44. The van der Waals surface area contributed by atoms with Gasteiger partial charge < -0.3 is 4.74 Å². The van der Waals surface area contributed by atoms with Crippen molar-refractivity contribution in [1.82, 2.24) is 4.98 Å². The number of esters is 1. The van der Waals surface area contributed by atoms with E-state index in [-0.39, 0.29) is 18.3 Å². The molecule has 1 N–H and O–H groups in total. The number of rotatable bonds is 4. The van der Waals surface area contributed by atoms with Gasteiger partial charge in [-0.15, -0.1) is 11.3 Å². The van der Waals surface area contributed by atoms with Crippen molar-refractivity contribution >= 4 is 28.3 Å². The van der Waals surface area contributed by atoms with Crippen LogP contribution in [0.4, 0.5) is 5.13 Å². The van der Waals surface area contributed by atoms with Crippen molar-refractivity contribution in [3.8, 4) is 0 Å². The van der Waals surface area contributed by atoms with E-state index in [1.54, 1.807) is 29.6 Å². The molecule has 98 valence electrons. The number of thiazole rings is 1. The van der Waals surface area contributed by atoms with Crippen LogP contribution in [-0.4, -0.2) is 24.0 Å². The van der Waals surface area contributed by atoms with E-state index in [2.05, 4.69) is 15.0 Å². The largest absolute Gasteiger partial charge is 0.469 e. The molecular weight excluding hydrogens is 264 g/mol. The first-order chi connectivity index (χ1) is 9.19. The minimum Gasteiger partial charge on any atom is -0.469 e. The second-order valence-electron chi connectivity index (χ2n) is 3.72. The van der Waals surface area contributed by atoms with Crippen LogP contribution in [0.3, 0.4) is 0 Å². The van der Waals surface area contributed by atoms with E-state index in [4.69, 9.17) is 0 Å². The first kappa shape index (κ1) is 13.2. The third kappa shape index (κ3) is 3.62. The Labute approximate surface area is 114 Å². The summed E-state index contributed by atoms with van der Waals surface area (Å²) in [6.07, 6.45) is 0.105. The summed E-state index contributed by atoms with van der Waals surface area (Å²) in [6, 6.07) is 8.87. The summed E-state index contributed by atoms with van der Waals surface area (Å²) in [6.45, 7) is 0. The number of nitrogens with one attached hydrogen (secondary N) is 1. The van der Waals surface area contributed by atoms with Crippen molar-refractivity contribution in [2.75, 3.05) is 12.4 Å². The monoisotopic (exact) mass is 276 g/mol. The van der Waals surface area contributed by atoms with Crippen LogP contribution in [0.1, 0.15) is 16.1 Å². The quantitative estimate of drug-likeness (QED) is 0.868. The smallest absolute Gasteiger partial charge is 0.311 e. The van der Waals surface area contributed by atoms with Gasteiger partial charge in [0.05, 0.1) is 19.2 Å². The molecule has 1 heterocycles. The Kier molecular flexibility index (Phi) is 4.25. The number of carbonyl (C=O) groups is 2. The molecule has 0 atom stereocenters. The van der Waals surface area contributed by atoms with E-state index in [1.165, 1.54) is 18.4 Å². The van der Waals surface area contributed by atoms with E-state index >= 15 is 0 Å². The first-order valence-electron chi connectivity index (χ1n) is 5.56. The number of amides is 1. The number of benzene rings is 1. The lowest BCUT2D eigenvalue weighted by molar-refractivity contribution is -0.139. The Morgan fingerprint density at radius 3 is 2.74 bits per heavy atom. The molecule has 0 saturated heterocycles. The molecule has 6 heteroatoms. The Hall–Kier alpha value is -2.21. The molecule has 0 bridgehead atoms. The average Bonchev–Trinajstić information content (AvgIpc) is 2.86.